The highest BCUT2D eigenvalue weighted by atomic mass is 16.2. The predicted molar refractivity (Wildman–Crippen MR) is 98.5 cm³/mol. The molecule has 4 aromatic rings. The molecule has 1 N–H and O–H groups in total. The minimum atomic E-state index is -0.350. The van der Waals surface area contributed by atoms with Crippen LogP contribution < -0.4 is 10.9 Å². The van der Waals surface area contributed by atoms with Gasteiger partial charge in [-0.1, -0.05) is 24.3 Å². The van der Waals surface area contributed by atoms with Gasteiger partial charge in [0.1, 0.15) is 12.9 Å². The summed E-state index contributed by atoms with van der Waals surface area (Å²) in [5, 5.41) is 19.2. The summed E-state index contributed by atoms with van der Waals surface area (Å²) in [5.74, 6) is -0.350. The van der Waals surface area contributed by atoms with Crippen LogP contribution in [0.1, 0.15) is 5.56 Å². The Labute approximate surface area is 153 Å². The molecule has 2 aromatic carbocycles. The van der Waals surface area contributed by atoms with Crippen LogP contribution in [0.2, 0.25) is 0 Å². The molecule has 0 fully saturated rings. The first-order chi connectivity index (χ1) is 13.1. The molecular formula is C18H15N7O2. The molecule has 0 aliphatic rings. The lowest BCUT2D eigenvalue weighted by Crippen LogP contribution is -2.29. The van der Waals surface area contributed by atoms with Gasteiger partial charge in [0, 0.05) is 11.1 Å². The second-order valence-electron chi connectivity index (χ2n) is 6.00. The number of benzene rings is 2. The highest BCUT2D eigenvalue weighted by Crippen LogP contribution is 2.19. The first-order valence-electron chi connectivity index (χ1n) is 8.20. The molecule has 0 aliphatic carbocycles. The van der Waals surface area contributed by atoms with Crippen LogP contribution in [0.3, 0.4) is 0 Å². The van der Waals surface area contributed by atoms with Gasteiger partial charge in [-0.2, -0.15) is 5.10 Å². The molecule has 1 amide bonds. The van der Waals surface area contributed by atoms with Crippen LogP contribution in [0, 0.1) is 6.92 Å². The molecule has 134 valence electrons. The summed E-state index contributed by atoms with van der Waals surface area (Å²) in [6.07, 6.45) is 3.04. The quantitative estimate of drug-likeness (QED) is 0.587. The van der Waals surface area contributed by atoms with Gasteiger partial charge in [0.15, 0.2) is 0 Å². The van der Waals surface area contributed by atoms with E-state index >= 15 is 0 Å². The first-order valence-corrected chi connectivity index (χ1v) is 8.20. The van der Waals surface area contributed by atoms with Crippen LogP contribution in [0.15, 0.2) is 59.8 Å². The van der Waals surface area contributed by atoms with Crippen LogP contribution >= 0.6 is 0 Å². The van der Waals surface area contributed by atoms with Gasteiger partial charge in [-0.25, -0.2) is 9.36 Å². The zero-order valence-electron chi connectivity index (χ0n) is 14.4. The van der Waals surface area contributed by atoms with Crippen molar-refractivity contribution in [1.82, 2.24) is 30.0 Å². The number of carbonyl (C=O) groups excluding carboxylic acids is 1. The topological polar surface area (TPSA) is 108 Å². The number of hydrogen-bond acceptors (Lipinski definition) is 6. The molecule has 2 heterocycles. The normalized spacial score (nSPS) is 10.9. The largest absolute Gasteiger partial charge is 0.324 e. The third kappa shape index (κ3) is 3.30. The van der Waals surface area contributed by atoms with Gasteiger partial charge in [-0.15, -0.1) is 5.10 Å². The van der Waals surface area contributed by atoms with Crippen molar-refractivity contribution < 1.29 is 4.79 Å². The number of amides is 1. The molecule has 0 unspecified atom stereocenters. The maximum absolute atomic E-state index is 12.5. The Bertz CT molecular complexity index is 1180. The van der Waals surface area contributed by atoms with Gasteiger partial charge in [0.25, 0.3) is 5.56 Å². The van der Waals surface area contributed by atoms with Gasteiger partial charge in [-0.3, -0.25) is 9.59 Å². The summed E-state index contributed by atoms with van der Waals surface area (Å²) >= 11 is 0. The van der Waals surface area contributed by atoms with Crippen molar-refractivity contribution in [3.63, 3.8) is 0 Å². The van der Waals surface area contributed by atoms with E-state index in [0.717, 1.165) is 15.6 Å². The summed E-state index contributed by atoms with van der Waals surface area (Å²) in [7, 11) is 0. The number of nitrogens with zero attached hydrogens (tertiary/aromatic N) is 6. The summed E-state index contributed by atoms with van der Waals surface area (Å²) in [6, 6.07) is 12.6. The van der Waals surface area contributed by atoms with Crippen LogP contribution in [-0.2, 0) is 11.3 Å². The van der Waals surface area contributed by atoms with Crippen molar-refractivity contribution >= 4 is 22.4 Å². The summed E-state index contributed by atoms with van der Waals surface area (Å²) in [5.41, 5.74) is 1.89. The molecule has 2 aromatic heterocycles. The van der Waals surface area contributed by atoms with Gasteiger partial charge in [0.05, 0.1) is 17.3 Å². The zero-order valence-corrected chi connectivity index (χ0v) is 14.4. The standard InChI is InChI=1S/C18H15N7O2/c1-12-6-7-14(25-11-19-22-23-25)8-16(12)21-17(26)10-24-18(27)15-5-3-2-4-13(15)9-20-24/h2-9,11H,10H2,1H3,(H,21,26). The Kier molecular flexibility index (Phi) is 4.17. The molecule has 27 heavy (non-hydrogen) atoms. The number of anilines is 1. The Morgan fingerprint density at radius 2 is 2.04 bits per heavy atom. The SMILES string of the molecule is Cc1ccc(-n2cnnn2)cc1NC(=O)Cn1ncc2ccccc2c1=O. The fraction of sp³-hybridized carbons (Fsp3) is 0.111. The Morgan fingerprint density at radius 1 is 1.19 bits per heavy atom. The third-order valence-corrected chi connectivity index (χ3v) is 4.16. The van der Waals surface area contributed by atoms with Gasteiger partial charge < -0.3 is 5.32 Å². The van der Waals surface area contributed by atoms with Crippen molar-refractivity contribution in [2.45, 2.75) is 13.5 Å². The molecular weight excluding hydrogens is 346 g/mol. The molecule has 9 nitrogen and oxygen atoms in total. The van der Waals surface area contributed by atoms with Crippen molar-refractivity contribution in [2.24, 2.45) is 0 Å². The Balaban J connectivity index is 1.57. The first kappa shape index (κ1) is 16.6. The van der Waals surface area contributed by atoms with Gasteiger partial charge in [0.2, 0.25) is 5.91 Å². The Hall–Kier alpha value is -3.88. The fourth-order valence-electron chi connectivity index (χ4n) is 2.73. The Morgan fingerprint density at radius 3 is 2.85 bits per heavy atom. The smallest absolute Gasteiger partial charge is 0.275 e. The number of aromatic nitrogens is 6. The average Bonchev–Trinajstić information content (AvgIpc) is 3.21. The highest BCUT2D eigenvalue weighted by molar-refractivity contribution is 5.91. The van der Waals surface area contributed by atoms with Crippen LogP contribution in [0.4, 0.5) is 5.69 Å². The molecule has 0 radical (unpaired) electrons. The second-order valence-corrected chi connectivity index (χ2v) is 6.00. The van der Waals surface area contributed by atoms with Crippen molar-refractivity contribution in [3.8, 4) is 5.69 Å². The summed E-state index contributed by atoms with van der Waals surface area (Å²) in [6.45, 7) is 1.69. The van der Waals surface area contributed by atoms with Gasteiger partial charge in [-0.05, 0) is 41.1 Å². The van der Waals surface area contributed by atoms with E-state index in [2.05, 4.69) is 25.9 Å². The lowest BCUT2D eigenvalue weighted by Gasteiger charge is -2.11. The number of nitrogens with one attached hydrogen (secondary N) is 1. The molecule has 0 bridgehead atoms. The molecule has 9 heteroatoms. The van der Waals surface area contributed by atoms with Crippen molar-refractivity contribution in [3.05, 3.63) is 70.9 Å². The maximum atomic E-state index is 12.5. The van der Waals surface area contributed by atoms with Crippen LogP contribution in [-0.4, -0.2) is 35.9 Å². The third-order valence-electron chi connectivity index (χ3n) is 4.16. The number of carbonyl (C=O) groups is 1. The molecule has 0 saturated carbocycles. The second kappa shape index (κ2) is 6.79. The van der Waals surface area contributed by atoms with Crippen molar-refractivity contribution in [1.29, 1.82) is 0 Å². The number of fused-ring (bicyclic) bond motifs is 1. The number of rotatable bonds is 4. The van der Waals surface area contributed by atoms with E-state index in [1.54, 1.807) is 24.4 Å². The highest BCUT2D eigenvalue weighted by Gasteiger charge is 2.11. The monoisotopic (exact) mass is 361 g/mol. The van der Waals surface area contributed by atoms with E-state index in [9.17, 15) is 9.59 Å². The van der Waals surface area contributed by atoms with E-state index in [4.69, 9.17) is 0 Å². The van der Waals surface area contributed by atoms with E-state index in [0.29, 0.717) is 16.8 Å². The lowest BCUT2D eigenvalue weighted by atomic mass is 10.2. The number of aryl methyl sites for hydroxylation is 1. The minimum absolute atomic E-state index is 0.182. The molecule has 4 rings (SSSR count). The van der Waals surface area contributed by atoms with Gasteiger partial charge >= 0.3 is 0 Å². The lowest BCUT2D eigenvalue weighted by molar-refractivity contribution is -0.117. The van der Waals surface area contributed by atoms with E-state index in [-0.39, 0.29) is 18.0 Å². The molecule has 0 atom stereocenters. The van der Waals surface area contributed by atoms with E-state index in [1.807, 2.05) is 31.2 Å². The molecule has 0 aliphatic heterocycles. The van der Waals surface area contributed by atoms with E-state index < -0.39 is 0 Å². The molecule has 0 saturated heterocycles. The summed E-state index contributed by atoms with van der Waals surface area (Å²) < 4.78 is 2.64. The summed E-state index contributed by atoms with van der Waals surface area (Å²) in [4.78, 5) is 25.0. The fourth-order valence-corrected chi connectivity index (χ4v) is 2.73. The maximum Gasteiger partial charge on any atom is 0.275 e. The van der Waals surface area contributed by atoms with Crippen LogP contribution in [0.25, 0.3) is 16.5 Å². The van der Waals surface area contributed by atoms with E-state index in [1.165, 1.54) is 11.0 Å². The average molecular weight is 361 g/mol. The molecule has 0 spiro atoms. The predicted octanol–water partition coefficient (Wildman–Crippen LogP) is 1.32. The van der Waals surface area contributed by atoms with Crippen LogP contribution in [0.5, 0.6) is 0 Å². The minimum Gasteiger partial charge on any atom is -0.324 e. The van der Waals surface area contributed by atoms with Crippen molar-refractivity contribution in [2.75, 3.05) is 5.32 Å². The number of hydrogen-bond donors (Lipinski definition) is 1. The zero-order chi connectivity index (χ0) is 18.8. The number of tetrazole rings is 1.